The van der Waals surface area contributed by atoms with E-state index in [4.69, 9.17) is 9.47 Å². The molecule has 3 aliphatic rings. The maximum absolute atomic E-state index is 12.9. The molecule has 0 spiro atoms. The van der Waals surface area contributed by atoms with E-state index in [1.54, 1.807) is 31.2 Å². The van der Waals surface area contributed by atoms with Crippen LogP contribution in [0.15, 0.2) is 36.4 Å². The number of ether oxygens (including phenoxy) is 2. The van der Waals surface area contributed by atoms with Gasteiger partial charge in [-0.1, -0.05) is 37.3 Å². The molecule has 4 heterocycles. The Morgan fingerprint density at radius 3 is 2.73 bits per heavy atom. The predicted molar refractivity (Wildman–Crippen MR) is 118 cm³/mol. The number of hydrogen-bond donors (Lipinski definition) is 1. The summed E-state index contributed by atoms with van der Waals surface area (Å²) in [6.07, 6.45) is 0.499. The standard InChI is InChI=1S/C23H24N4O5S/c1-23(22(28)26-33(29,30)14-15-5-3-2-4-6-15)7-9-27(10-8-23)20-16(12-24)11-17-18(25-20)13-31-21-19(17)32-21/h2-6,11,19,21H,7-10,13-14H2,1H3,(H,26,28). The molecule has 2 atom stereocenters. The Hall–Kier alpha value is -3.00. The van der Waals surface area contributed by atoms with Crippen molar-refractivity contribution < 1.29 is 22.7 Å². The van der Waals surface area contributed by atoms with Crippen LogP contribution in [0.5, 0.6) is 0 Å². The van der Waals surface area contributed by atoms with Gasteiger partial charge in [-0.25, -0.2) is 13.4 Å². The fourth-order valence-electron chi connectivity index (χ4n) is 4.38. The van der Waals surface area contributed by atoms with Gasteiger partial charge in [-0.3, -0.25) is 9.52 Å². The lowest BCUT2D eigenvalue weighted by Crippen LogP contribution is -2.49. The summed E-state index contributed by atoms with van der Waals surface area (Å²) in [7, 11) is -3.80. The topological polar surface area (TPSA) is 125 Å². The molecule has 1 aromatic heterocycles. The summed E-state index contributed by atoms with van der Waals surface area (Å²) in [5, 5.41) is 9.67. The van der Waals surface area contributed by atoms with E-state index in [0.29, 0.717) is 49.5 Å². The lowest BCUT2D eigenvalue weighted by atomic mass is 9.79. The van der Waals surface area contributed by atoms with E-state index in [0.717, 1.165) is 11.3 Å². The molecule has 2 fully saturated rings. The Balaban J connectivity index is 1.26. The van der Waals surface area contributed by atoms with E-state index in [1.807, 2.05) is 17.0 Å². The number of carbonyl (C=O) groups excluding carboxylic acids is 1. The van der Waals surface area contributed by atoms with Gasteiger partial charge in [0.05, 0.1) is 29.0 Å². The van der Waals surface area contributed by atoms with Gasteiger partial charge in [0.2, 0.25) is 15.9 Å². The van der Waals surface area contributed by atoms with Crippen molar-refractivity contribution in [1.29, 1.82) is 5.26 Å². The third-order valence-corrected chi connectivity index (χ3v) is 7.75. The normalized spacial score (nSPS) is 23.1. The van der Waals surface area contributed by atoms with Gasteiger partial charge in [0, 0.05) is 18.7 Å². The van der Waals surface area contributed by atoms with E-state index in [-0.39, 0.29) is 18.1 Å². The number of aromatic nitrogens is 1. The molecule has 2 saturated heterocycles. The number of benzene rings is 1. The number of anilines is 1. The molecular formula is C23H24N4O5S. The summed E-state index contributed by atoms with van der Waals surface area (Å²) in [6, 6.07) is 12.8. The number of nitriles is 1. The van der Waals surface area contributed by atoms with Gasteiger partial charge in [-0.05, 0) is 24.5 Å². The molecule has 0 saturated carbocycles. The summed E-state index contributed by atoms with van der Waals surface area (Å²) in [5.74, 6) is -0.180. The Labute approximate surface area is 192 Å². The minimum atomic E-state index is -3.80. The summed E-state index contributed by atoms with van der Waals surface area (Å²) in [5.41, 5.74) is 1.91. The molecule has 0 aliphatic carbocycles. The smallest absolute Gasteiger partial charge is 0.239 e. The van der Waals surface area contributed by atoms with Crippen molar-refractivity contribution in [1.82, 2.24) is 9.71 Å². The van der Waals surface area contributed by atoms with Crippen LogP contribution in [-0.4, -0.2) is 38.7 Å². The lowest BCUT2D eigenvalue weighted by Gasteiger charge is -2.39. The highest BCUT2D eigenvalue weighted by Crippen LogP contribution is 2.46. The van der Waals surface area contributed by atoms with E-state index in [2.05, 4.69) is 15.8 Å². The van der Waals surface area contributed by atoms with Gasteiger partial charge >= 0.3 is 0 Å². The molecule has 3 aliphatic heterocycles. The molecule has 2 aromatic rings. The van der Waals surface area contributed by atoms with Crippen LogP contribution in [-0.2, 0) is 36.7 Å². The first-order chi connectivity index (χ1) is 15.8. The van der Waals surface area contributed by atoms with Gasteiger partial charge in [-0.15, -0.1) is 0 Å². The average molecular weight is 469 g/mol. The first kappa shape index (κ1) is 21.8. The van der Waals surface area contributed by atoms with Crippen molar-refractivity contribution in [2.75, 3.05) is 18.0 Å². The summed E-state index contributed by atoms with van der Waals surface area (Å²) < 4.78 is 38.3. The highest BCUT2D eigenvalue weighted by Gasteiger charge is 2.47. The SMILES string of the molecule is CC1(C(=O)NS(=O)(=O)Cc2ccccc2)CCN(c2nc3c(cc2C#N)C2OC2OC3)CC1. The Morgan fingerprint density at radius 1 is 1.30 bits per heavy atom. The van der Waals surface area contributed by atoms with Crippen molar-refractivity contribution in [2.45, 2.75) is 44.5 Å². The average Bonchev–Trinajstić information content (AvgIpc) is 3.59. The molecule has 2 unspecified atom stereocenters. The lowest BCUT2D eigenvalue weighted by molar-refractivity contribution is -0.129. The fraction of sp³-hybridized carbons (Fsp3) is 0.435. The molecule has 0 radical (unpaired) electrons. The molecule has 1 N–H and O–H groups in total. The van der Waals surface area contributed by atoms with Crippen molar-refractivity contribution in [3.05, 3.63) is 58.8 Å². The highest BCUT2D eigenvalue weighted by atomic mass is 32.2. The van der Waals surface area contributed by atoms with Crippen molar-refractivity contribution in [3.8, 4) is 6.07 Å². The Bertz CT molecular complexity index is 1230. The molecule has 1 aromatic carbocycles. The molecule has 1 amide bonds. The summed E-state index contributed by atoms with van der Waals surface area (Å²) >= 11 is 0. The van der Waals surface area contributed by atoms with Gasteiger partial charge < -0.3 is 14.4 Å². The van der Waals surface area contributed by atoms with Crippen LogP contribution in [0.4, 0.5) is 5.82 Å². The quantitative estimate of drug-likeness (QED) is 0.662. The van der Waals surface area contributed by atoms with E-state index >= 15 is 0 Å². The van der Waals surface area contributed by atoms with Crippen LogP contribution >= 0.6 is 0 Å². The van der Waals surface area contributed by atoms with Gasteiger partial charge in [-0.2, -0.15) is 5.26 Å². The number of sulfonamides is 1. The van der Waals surface area contributed by atoms with Crippen molar-refractivity contribution in [2.24, 2.45) is 5.41 Å². The Morgan fingerprint density at radius 2 is 2.03 bits per heavy atom. The fourth-order valence-corrected chi connectivity index (χ4v) is 5.61. The monoisotopic (exact) mass is 468 g/mol. The summed E-state index contributed by atoms with van der Waals surface area (Å²) in [6.45, 7) is 3.07. The number of hydrogen-bond acceptors (Lipinski definition) is 8. The molecule has 0 bridgehead atoms. The van der Waals surface area contributed by atoms with E-state index in [9.17, 15) is 18.5 Å². The molecule has 172 valence electrons. The number of pyridine rings is 1. The molecular weight excluding hydrogens is 444 g/mol. The van der Waals surface area contributed by atoms with E-state index < -0.39 is 21.3 Å². The second-order valence-electron chi connectivity index (χ2n) is 8.97. The number of nitrogens with zero attached hydrogens (tertiary/aromatic N) is 3. The van der Waals surface area contributed by atoms with Crippen LogP contribution < -0.4 is 9.62 Å². The van der Waals surface area contributed by atoms with Crippen LogP contribution in [0, 0.1) is 16.7 Å². The number of carbonyl (C=O) groups is 1. The largest absolute Gasteiger partial charge is 0.355 e. The molecule has 10 heteroatoms. The van der Waals surface area contributed by atoms with Gasteiger partial charge in [0.15, 0.2) is 6.29 Å². The second-order valence-corrected chi connectivity index (χ2v) is 10.7. The molecule has 33 heavy (non-hydrogen) atoms. The highest BCUT2D eigenvalue weighted by molar-refractivity contribution is 7.89. The number of rotatable bonds is 5. The zero-order valence-corrected chi connectivity index (χ0v) is 19.0. The van der Waals surface area contributed by atoms with Crippen LogP contribution in [0.3, 0.4) is 0 Å². The van der Waals surface area contributed by atoms with Crippen LogP contribution in [0.1, 0.15) is 48.3 Å². The summed E-state index contributed by atoms with van der Waals surface area (Å²) in [4.78, 5) is 19.6. The molecule has 9 nitrogen and oxygen atoms in total. The second kappa shape index (κ2) is 8.09. The van der Waals surface area contributed by atoms with Crippen molar-refractivity contribution >= 4 is 21.7 Å². The van der Waals surface area contributed by atoms with Gasteiger partial charge in [0.1, 0.15) is 18.0 Å². The minimum Gasteiger partial charge on any atom is -0.355 e. The van der Waals surface area contributed by atoms with Crippen LogP contribution in [0.2, 0.25) is 0 Å². The van der Waals surface area contributed by atoms with Crippen molar-refractivity contribution in [3.63, 3.8) is 0 Å². The third-order valence-electron chi connectivity index (χ3n) is 6.54. The maximum atomic E-state index is 12.9. The number of nitrogens with one attached hydrogen (secondary N) is 1. The van der Waals surface area contributed by atoms with Crippen LogP contribution in [0.25, 0.3) is 0 Å². The molecule has 5 rings (SSSR count). The number of fused-ring (bicyclic) bond motifs is 3. The zero-order chi connectivity index (χ0) is 23.2. The first-order valence-corrected chi connectivity index (χ1v) is 12.5. The number of amides is 1. The minimum absolute atomic E-state index is 0.145. The zero-order valence-electron chi connectivity index (χ0n) is 18.2. The Kier molecular flexibility index (Phi) is 5.35. The van der Waals surface area contributed by atoms with Gasteiger partial charge in [0.25, 0.3) is 0 Å². The first-order valence-electron chi connectivity index (χ1n) is 10.8. The third kappa shape index (κ3) is 4.31. The maximum Gasteiger partial charge on any atom is 0.239 e. The predicted octanol–water partition coefficient (Wildman–Crippen LogP) is 2.13. The number of epoxide rings is 1. The van der Waals surface area contributed by atoms with E-state index in [1.165, 1.54) is 0 Å². The number of piperidine rings is 1.